The van der Waals surface area contributed by atoms with Crippen LogP contribution in [0.2, 0.25) is 0 Å². The Morgan fingerprint density at radius 3 is 2.61 bits per heavy atom. The first-order valence-corrected chi connectivity index (χ1v) is 5.35. The minimum Gasteiger partial charge on any atom is -0.504 e. The molecule has 6 nitrogen and oxygen atoms in total. The SMILES string of the molecule is C=CC(=O)N(CO)c1c(CCN)ccc(O)c1O. The number of nitrogens with two attached hydrogens (primary N) is 1. The van der Waals surface area contributed by atoms with Crippen LogP contribution in [0.25, 0.3) is 0 Å². The lowest BCUT2D eigenvalue weighted by atomic mass is 10.1. The first kappa shape index (κ1) is 14.0. The van der Waals surface area contributed by atoms with Gasteiger partial charge in [0.15, 0.2) is 11.5 Å². The van der Waals surface area contributed by atoms with Gasteiger partial charge >= 0.3 is 0 Å². The number of aliphatic hydroxyl groups is 1. The normalized spacial score (nSPS) is 10.1. The van der Waals surface area contributed by atoms with Gasteiger partial charge in [-0.25, -0.2) is 0 Å². The predicted octanol–water partition coefficient (Wildman–Crippen LogP) is 0.0678. The third kappa shape index (κ3) is 2.61. The number of benzene rings is 1. The van der Waals surface area contributed by atoms with Crippen LogP contribution in [0.3, 0.4) is 0 Å². The fourth-order valence-electron chi connectivity index (χ4n) is 1.63. The zero-order valence-electron chi connectivity index (χ0n) is 9.83. The van der Waals surface area contributed by atoms with Gasteiger partial charge in [-0.2, -0.15) is 0 Å². The Bertz CT molecular complexity index is 460. The van der Waals surface area contributed by atoms with Gasteiger partial charge in [0.05, 0.1) is 5.69 Å². The van der Waals surface area contributed by atoms with Crippen molar-refractivity contribution in [1.29, 1.82) is 0 Å². The van der Waals surface area contributed by atoms with Crippen LogP contribution in [-0.4, -0.2) is 34.5 Å². The second-order valence-corrected chi connectivity index (χ2v) is 3.59. The van der Waals surface area contributed by atoms with E-state index < -0.39 is 18.4 Å². The lowest BCUT2D eigenvalue weighted by molar-refractivity contribution is -0.114. The predicted molar refractivity (Wildman–Crippen MR) is 67.3 cm³/mol. The van der Waals surface area contributed by atoms with Crippen LogP contribution in [0, 0.1) is 0 Å². The van der Waals surface area contributed by atoms with Crippen molar-refractivity contribution in [3.63, 3.8) is 0 Å². The van der Waals surface area contributed by atoms with E-state index in [-0.39, 0.29) is 11.4 Å². The quantitative estimate of drug-likeness (QED) is 0.337. The Morgan fingerprint density at radius 1 is 1.44 bits per heavy atom. The summed E-state index contributed by atoms with van der Waals surface area (Å²) >= 11 is 0. The van der Waals surface area contributed by atoms with E-state index in [1.807, 2.05) is 0 Å². The highest BCUT2D eigenvalue weighted by Crippen LogP contribution is 2.39. The summed E-state index contributed by atoms with van der Waals surface area (Å²) in [5.74, 6) is -1.43. The number of aliphatic hydroxyl groups excluding tert-OH is 1. The van der Waals surface area contributed by atoms with Crippen molar-refractivity contribution in [1.82, 2.24) is 0 Å². The molecule has 1 aromatic rings. The molecule has 6 heteroatoms. The van der Waals surface area contributed by atoms with Crippen LogP contribution in [-0.2, 0) is 11.2 Å². The van der Waals surface area contributed by atoms with Crippen LogP contribution in [0.15, 0.2) is 24.8 Å². The van der Waals surface area contributed by atoms with Gasteiger partial charge in [-0.3, -0.25) is 9.69 Å². The molecule has 0 aliphatic rings. The lowest BCUT2D eigenvalue weighted by Gasteiger charge is -2.23. The van der Waals surface area contributed by atoms with Gasteiger partial charge in [0.2, 0.25) is 0 Å². The van der Waals surface area contributed by atoms with E-state index in [4.69, 9.17) is 5.73 Å². The second-order valence-electron chi connectivity index (χ2n) is 3.59. The fourth-order valence-corrected chi connectivity index (χ4v) is 1.63. The molecule has 0 saturated heterocycles. The standard InChI is InChI=1S/C12H16N2O4/c1-2-10(17)14(7-15)11-8(5-6-13)3-4-9(16)12(11)18/h2-4,15-16,18H,1,5-7,13H2. The summed E-state index contributed by atoms with van der Waals surface area (Å²) < 4.78 is 0. The molecular formula is C12H16N2O4. The van der Waals surface area contributed by atoms with Crippen LogP contribution in [0.1, 0.15) is 5.56 Å². The van der Waals surface area contributed by atoms with Crippen molar-refractivity contribution < 1.29 is 20.1 Å². The minimum atomic E-state index is -0.639. The number of carbonyl (C=O) groups excluding carboxylic acids is 1. The van der Waals surface area contributed by atoms with E-state index in [0.29, 0.717) is 18.5 Å². The summed E-state index contributed by atoms with van der Waals surface area (Å²) in [5.41, 5.74) is 6.04. The Labute approximate surface area is 105 Å². The molecule has 0 radical (unpaired) electrons. The topological polar surface area (TPSA) is 107 Å². The number of rotatable bonds is 5. The van der Waals surface area contributed by atoms with Gasteiger partial charge in [0.25, 0.3) is 5.91 Å². The Morgan fingerprint density at radius 2 is 2.11 bits per heavy atom. The molecule has 1 rings (SSSR count). The number of hydrogen-bond donors (Lipinski definition) is 4. The number of phenolic OH excluding ortho intramolecular Hbond substituents is 2. The molecular weight excluding hydrogens is 236 g/mol. The summed E-state index contributed by atoms with van der Waals surface area (Å²) in [7, 11) is 0. The molecule has 0 aliphatic heterocycles. The summed E-state index contributed by atoms with van der Waals surface area (Å²) in [6, 6.07) is 2.84. The maximum absolute atomic E-state index is 11.6. The van der Waals surface area contributed by atoms with Crippen molar-refractivity contribution in [2.75, 3.05) is 18.2 Å². The highest BCUT2D eigenvalue weighted by molar-refractivity contribution is 6.02. The number of aromatic hydroxyl groups is 2. The molecule has 98 valence electrons. The van der Waals surface area contributed by atoms with Crippen LogP contribution in [0.5, 0.6) is 11.5 Å². The fraction of sp³-hybridized carbons (Fsp3) is 0.250. The summed E-state index contributed by atoms with van der Waals surface area (Å²) in [5, 5.41) is 28.5. The summed E-state index contributed by atoms with van der Waals surface area (Å²) in [4.78, 5) is 12.5. The average molecular weight is 252 g/mol. The maximum Gasteiger partial charge on any atom is 0.252 e. The van der Waals surface area contributed by atoms with E-state index in [1.165, 1.54) is 12.1 Å². The highest BCUT2D eigenvalue weighted by atomic mass is 16.3. The molecule has 0 aromatic heterocycles. The van der Waals surface area contributed by atoms with Crippen LogP contribution in [0.4, 0.5) is 5.69 Å². The molecule has 0 saturated carbocycles. The number of anilines is 1. The Balaban J connectivity index is 3.37. The summed E-state index contributed by atoms with van der Waals surface area (Å²) in [6.45, 7) is 2.98. The van der Waals surface area contributed by atoms with Crippen molar-refractivity contribution in [2.45, 2.75) is 6.42 Å². The van der Waals surface area contributed by atoms with E-state index >= 15 is 0 Å². The van der Waals surface area contributed by atoms with Crippen molar-refractivity contribution in [2.24, 2.45) is 5.73 Å². The lowest BCUT2D eigenvalue weighted by Crippen LogP contribution is -2.31. The average Bonchev–Trinajstić information content (AvgIpc) is 2.37. The second kappa shape index (κ2) is 6.04. The molecule has 18 heavy (non-hydrogen) atoms. The van der Waals surface area contributed by atoms with Crippen LogP contribution >= 0.6 is 0 Å². The molecule has 1 aromatic carbocycles. The largest absolute Gasteiger partial charge is 0.504 e. The van der Waals surface area contributed by atoms with Crippen molar-refractivity contribution in [3.05, 3.63) is 30.4 Å². The monoisotopic (exact) mass is 252 g/mol. The third-order valence-electron chi connectivity index (χ3n) is 2.48. The molecule has 0 aliphatic carbocycles. The third-order valence-corrected chi connectivity index (χ3v) is 2.48. The highest BCUT2D eigenvalue weighted by Gasteiger charge is 2.21. The number of carbonyl (C=O) groups is 1. The van der Waals surface area contributed by atoms with Crippen LogP contribution < -0.4 is 10.6 Å². The molecule has 0 bridgehead atoms. The Hall–Kier alpha value is -2.05. The first-order chi connectivity index (χ1) is 8.56. The van der Waals surface area contributed by atoms with Gasteiger partial charge in [0.1, 0.15) is 6.73 Å². The number of hydrogen-bond acceptors (Lipinski definition) is 5. The Kier molecular flexibility index (Phi) is 4.70. The molecule has 0 atom stereocenters. The van der Waals surface area contributed by atoms with Crippen molar-refractivity contribution >= 4 is 11.6 Å². The van der Waals surface area contributed by atoms with Gasteiger partial charge < -0.3 is 21.1 Å². The maximum atomic E-state index is 11.6. The number of nitrogens with zero attached hydrogens (tertiary/aromatic N) is 1. The zero-order chi connectivity index (χ0) is 13.7. The van der Waals surface area contributed by atoms with Gasteiger partial charge in [-0.1, -0.05) is 12.6 Å². The van der Waals surface area contributed by atoms with Crippen molar-refractivity contribution in [3.8, 4) is 11.5 Å². The smallest absolute Gasteiger partial charge is 0.252 e. The van der Waals surface area contributed by atoms with Gasteiger partial charge in [-0.15, -0.1) is 0 Å². The van der Waals surface area contributed by atoms with Gasteiger partial charge in [-0.05, 0) is 30.7 Å². The first-order valence-electron chi connectivity index (χ1n) is 5.35. The number of phenols is 2. The molecule has 1 amide bonds. The molecule has 0 fully saturated rings. The molecule has 0 heterocycles. The zero-order valence-corrected chi connectivity index (χ0v) is 9.83. The van der Waals surface area contributed by atoms with E-state index in [9.17, 15) is 20.1 Å². The minimum absolute atomic E-state index is 0.0489. The molecule has 0 spiro atoms. The molecule has 0 unspecified atom stereocenters. The number of amides is 1. The van der Waals surface area contributed by atoms with Gasteiger partial charge in [0, 0.05) is 0 Å². The summed E-state index contributed by atoms with van der Waals surface area (Å²) in [6.07, 6.45) is 1.40. The van der Waals surface area contributed by atoms with E-state index in [0.717, 1.165) is 11.0 Å². The van der Waals surface area contributed by atoms with E-state index in [2.05, 4.69) is 6.58 Å². The van der Waals surface area contributed by atoms with E-state index in [1.54, 1.807) is 0 Å². The molecule has 5 N–H and O–H groups in total.